The molecule has 1 amide bonds. The molecule has 0 spiro atoms. The molecule has 1 unspecified atom stereocenters. The van der Waals surface area contributed by atoms with Gasteiger partial charge in [0.1, 0.15) is 10.3 Å². The van der Waals surface area contributed by atoms with Crippen molar-refractivity contribution in [3.05, 3.63) is 34.5 Å². The predicted molar refractivity (Wildman–Crippen MR) is 86.3 cm³/mol. The van der Waals surface area contributed by atoms with Crippen LogP contribution in [0, 0.1) is 0 Å². The highest BCUT2D eigenvalue weighted by molar-refractivity contribution is 8.00. The Kier molecular flexibility index (Phi) is 5.91. The lowest BCUT2D eigenvalue weighted by atomic mass is 10.3. The van der Waals surface area contributed by atoms with E-state index in [2.05, 4.69) is 15.5 Å². The average molecular weight is 337 g/mol. The molecule has 1 atom stereocenters. The van der Waals surface area contributed by atoms with E-state index >= 15 is 0 Å². The first-order valence-corrected chi connectivity index (χ1v) is 8.33. The van der Waals surface area contributed by atoms with Crippen LogP contribution in [0.3, 0.4) is 0 Å². The van der Waals surface area contributed by atoms with Crippen LogP contribution in [0.15, 0.2) is 34.7 Å². The molecule has 0 aliphatic rings. The van der Waals surface area contributed by atoms with Gasteiger partial charge in [0.2, 0.25) is 0 Å². The van der Waals surface area contributed by atoms with Gasteiger partial charge in [0.15, 0.2) is 5.82 Å². The summed E-state index contributed by atoms with van der Waals surface area (Å²) in [5.41, 5.74) is 0. The summed E-state index contributed by atoms with van der Waals surface area (Å²) in [4.78, 5) is 24.0. The number of thioether (sulfide) groups is 1. The second kappa shape index (κ2) is 7.90. The molecule has 0 radical (unpaired) electrons. The van der Waals surface area contributed by atoms with Gasteiger partial charge in [0.05, 0.1) is 12.0 Å². The number of methoxy groups -OCH3 is 1. The molecule has 116 valence electrons. The number of ether oxygens (including phenoxy) is 1. The lowest BCUT2D eigenvalue weighted by Crippen LogP contribution is -2.18. The molecule has 0 aliphatic heterocycles. The zero-order valence-corrected chi connectivity index (χ0v) is 13.7. The number of carbonyl (C=O) groups is 2. The first-order chi connectivity index (χ1) is 10.6. The van der Waals surface area contributed by atoms with Crippen LogP contribution >= 0.6 is 23.1 Å². The van der Waals surface area contributed by atoms with Gasteiger partial charge in [0, 0.05) is 0 Å². The highest BCUT2D eigenvalue weighted by Crippen LogP contribution is 2.24. The van der Waals surface area contributed by atoms with Crippen LogP contribution in [0.5, 0.6) is 0 Å². The summed E-state index contributed by atoms with van der Waals surface area (Å²) in [6.45, 7) is 1.90. The quantitative estimate of drug-likeness (QED) is 0.645. The van der Waals surface area contributed by atoms with Crippen molar-refractivity contribution in [1.29, 1.82) is 0 Å². The number of nitrogens with one attached hydrogen (secondary N) is 1. The number of hydrogen-bond donors (Lipinski definition) is 1. The van der Waals surface area contributed by atoms with Crippen LogP contribution in [-0.2, 0) is 9.53 Å². The SMILES string of the molecule is CCC(Sc1ccc(NC(=O)c2cccs2)nn1)C(=O)OC. The zero-order chi connectivity index (χ0) is 15.9. The Balaban J connectivity index is 1.98. The monoisotopic (exact) mass is 337 g/mol. The molecule has 2 aromatic heterocycles. The summed E-state index contributed by atoms with van der Waals surface area (Å²) in [6.07, 6.45) is 0.635. The minimum absolute atomic E-state index is 0.217. The molecule has 8 heteroatoms. The van der Waals surface area contributed by atoms with E-state index in [0.717, 1.165) is 0 Å². The molecule has 0 saturated heterocycles. The Morgan fingerprint density at radius 1 is 1.36 bits per heavy atom. The predicted octanol–water partition coefficient (Wildman–Crippen LogP) is 2.83. The number of carbonyl (C=O) groups excluding carboxylic acids is 2. The fourth-order valence-corrected chi connectivity index (χ4v) is 3.11. The number of nitrogens with zero attached hydrogens (tertiary/aromatic N) is 2. The van der Waals surface area contributed by atoms with Crippen molar-refractivity contribution in [1.82, 2.24) is 10.2 Å². The summed E-state index contributed by atoms with van der Waals surface area (Å²) in [6, 6.07) is 6.92. The van der Waals surface area contributed by atoms with Crippen molar-refractivity contribution >= 4 is 40.8 Å². The summed E-state index contributed by atoms with van der Waals surface area (Å²) in [7, 11) is 1.36. The van der Waals surface area contributed by atoms with Crippen molar-refractivity contribution in [2.24, 2.45) is 0 Å². The van der Waals surface area contributed by atoms with Crippen LogP contribution in [0.2, 0.25) is 0 Å². The largest absolute Gasteiger partial charge is 0.468 e. The summed E-state index contributed by atoms with van der Waals surface area (Å²) in [5, 5.41) is 12.8. The first kappa shape index (κ1) is 16.4. The lowest BCUT2D eigenvalue weighted by Gasteiger charge is -2.10. The number of rotatable bonds is 6. The van der Waals surface area contributed by atoms with E-state index in [-0.39, 0.29) is 17.1 Å². The maximum Gasteiger partial charge on any atom is 0.319 e. The van der Waals surface area contributed by atoms with Gasteiger partial charge in [-0.05, 0) is 30.0 Å². The molecule has 0 aromatic carbocycles. The second-order valence-corrected chi connectivity index (χ2v) is 6.40. The molecular weight excluding hydrogens is 322 g/mol. The highest BCUT2D eigenvalue weighted by atomic mass is 32.2. The average Bonchev–Trinajstić information content (AvgIpc) is 3.08. The number of thiophene rings is 1. The number of hydrogen-bond acceptors (Lipinski definition) is 7. The van der Waals surface area contributed by atoms with E-state index in [0.29, 0.717) is 22.1 Å². The zero-order valence-electron chi connectivity index (χ0n) is 12.1. The minimum atomic E-state index is -0.314. The second-order valence-electron chi connectivity index (χ2n) is 4.23. The van der Waals surface area contributed by atoms with Crippen LogP contribution in [-0.4, -0.2) is 34.4 Å². The first-order valence-electron chi connectivity index (χ1n) is 6.57. The van der Waals surface area contributed by atoms with Gasteiger partial charge in [-0.25, -0.2) is 0 Å². The molecule has 6 nitrogen and oxygen atoms in total. The van der Waals surface area contributed by atoms with E-state index < -0.39 is 0 Å². The van der Waals surface area contributed by atoms with Gasteiger partial charge in [-0.1, -0.05) is 24.8 Å². The molecule has 0 bridgehead atoms. The van der Waals surface area contributed by atoms with Gasteiger partial charge in [0.25, 0.3) is 5.91 Å². The van der Waals surface area contributed by atoms with E-state index in [1.165, 1.54) is 30.2 Å². The maximum atomic E-state index is 11.9. The Bertz CT molecular complexity index is 629. The minimum Gasteiger partial charge on any atom is -0.468 e. The van der Waals surface area contributed by atoms with Crippen molar-refractivity contribution in [2.45, 2.75) is 23.6 Å². The van der Waals surface area contributed by atoms with Gasteiger partial charge < -0.3 is 10.1 Å². The van der Waals surface area contributed by atoms with E-state index in [1.807, 2.05) is 18.4 Å². The topological polar surface area (TPSA) is 81.2 Å². The molecule has 0 saturated carbocycles. The normalized spacial score (nSPS) is 11.7. The van der Waals surface area contributed by atoms with Gasteiger partial charge in [-0.15, -0.1) is 21.5 Å². The fourth-order valence-electron chi connectivity index (χ4n) is 1.61. The van der Waals surface area contributed by atoms with Gasteiger partial charge >= 0.3 is 5.97 Å². The van der Waals surface area contributed by atoms with Crippen LogP contribution < -0.4 is 5.32 Å². The molecule has 2 aromatic rings. The Hall–Kier alpha value is -1.93. The molecule has 0 aliphatic carbocycles. The number of aromatic nitrogens is 2. The van der Waals surface area contributed by atoms with Gasteiger partial charge in [-0.3, -0.25) is 9.59 Å². The third-order valence-electron chi connectivity index (χ3n) is 2.72. The molecule has 22 heavy (non-hydrogen) atoms. The number of esters is 1. The van der Waals surface area contributed by atoms with Crippen molar-refractivity contribution in [2.75, 3.05) is 12.4 Å². The lowest BCUT2D eigenvalue weighted by molar-refractivity contribution is -0.140. The van der Waals surface area contributed by atoms with Crippen molar-refractivity contribution in [3.63, 3.8) is 0 Å². The van der Waals surface area contributed by atoms with E-state index in [1.54, 1.807) is 18.2 Å². The number of anilines is 1. The Morgan fingerprint density at radius 3 is 2.73 bits per heavy atom. The maximum absolute atomic E-state index is 11.9. The number of amides is 1. The molecule has 2 heterocycles. The molecule has 0 fully saturated rings. The Morgan fingerprint density at radius 2 is 2.18 bits per heavy atom. The smallest absolute Gasteiger partial charge is 0.319 e. The highest BCUT2D eigenvalue weighted by Gasteiger charge is 2.19. The summed E-state index contributed by atoms with van der Waals surface area (Å²) >= 11 is 2.64. The van der Waals surface area contributed by atoms with E-state index in [9.17, 15) is 9.59 Å². The Labute approximate surface area is 136 Å². The van der Waals surface area contributed by atoms with Gasteiger partial charge in [-0.2, -0.15) is 0 Å². The molecule has 1 N–H and O–H groups in total. The third kappa shape index (κ3) is 4.28. The molecular formula is C14H15N3O3S2. The molecule has 2 rings (SSSR count). The van der Waals surface area contributed by atoms with Crippen molar-refractivity contribution in [3.8, 4) is 0 Å². The third-order valence-corrected chi connectivity index (χ3v) is 4.86. The summed E-state index contributed by atoms with van der Waals surface area (Å²) in [5.74, 6) is -0.135. The van der Waals surface area contributed by atoms with Crippen LogP contribution in [0.4, 0.5) is 5.82 Å². The fraction of sp³-hybridized carbons (Fsp3) is 0.286. The standard InChI is InChI=1S/C14H15N3O3S2/c1-3-9(14(19)20-2)22-12-7-6-11(16-17-12)15-13(18)10-5-4-8-21-10/h4-9H,3H2,1-2H3,(H,15,16,18). The van der Waals surface area contributed by atoms with E-state index in [4.69, 9.17) is 4.74 Å². The van der Waals surface area contributed by atoms with Crippen LogP contribution in [0.1, 0.15) is 23.0 Å². The summed E-state index contributed by atoms with van der Waals surface area (Å²) < 4.78 is 4.73. The van der Waals surface area contributed by atoms with Crippen LogP contribution in [0.25, 0.3) is 0 Å². The van der Waals surface area contributed by atoms with Crippen molar-refractivity contribution < 1.29 is 14.3 Å².